The van der Waals surface area contributed by atoms with Gasteiger partial charge in [-0.05, 0) is 57.8 Å². The number of hydrogen-bond acceptors (Lipinski definition) is 3. The van der Waals surface area contributed by atoms with Gasteiger partial charge in [0, 0.05) is 19.0 Å². The third-order valence-corrected chi connectivity index (χ3v) is 4.79. The number of nitrogens with one attached hydrogen (secondary N) is 2. The Labute approximate surface area is 157 Å². The molecule has 0 aliphatic carbocycles. The van der Waals surface area contributed by atoms with Crippen LogP contribution in [0.25, 0.3) is 0 Å². The van der Waals surface area contributed by atoms with Gasteiger partial charge >= 0.3 is 0 Å². The molecule has 0 atom stereocenters. The molecule has 1 saturated heterocycles. The molecule has 1 aliphatic heterocycles. The molecule has 4 N–H and O–H groups in total. The van der Waals surface area contributed by atoms with Crippen molar-refractivity contribution in [2.75, 3.05) is 32.7 Å². The number of carbonyl (C=O) groups is 1. The standard InChI is InChI=1S/C20H33N5O/c1-2-22-20(24-16-17-8-4-3-5-9-17)23-12-6-7-13-25-14-10-18(11-15-25)19(21)26/h3-5,8-9,18H,2,6-7,10-16H2,1H3,(H2,21,26)(H2,22,23,24). The van der Waals surface area contributed by atoms with E-state index in [1.54, 1.807) is 0 Å². The average Bonchev–Trinajstić information content (AvgIpc) is 2.67. The number of carbonyl (C=O) groups excluding carboxylic acids is 1. The minimum atomic E-state index is -0.139. The van der Waals surface area contributed by atoms with E-state index in [9.17, 15) is 4.79 Å². The fraction of sp³-hybridized carbons (Fsp3) is 0.600. The van der Waals surface area contributed by atoms with Gasteiger partial charge in [0.05, 0.1) is 6.54 Å². The predicted molar refractivity (Wildman–Crippen MR) is 107 cm³/mol. The molecule has 0 saturated carbocycles. The highest BCUT2D eigenvalue weighted by molar-refractivity contribution is 5.79. The highest BCUT2D eigenvalue weighted by Crippen LogP contribution is 2.16. The minimum absolute atomic E-state index is 0.0800. The Bertz CT molecular complexity index is 553. The first kappa shape index (κ1) is 20.2. The van der Waals surface area contributed by atoms with Crippen LogP contribution >= 0.6 is 0 Å². The fourth-order valence-electron chi connectivity index (χ4n) is 3.20. The van der Waals surface area contributed by atoms with Crippen molar-refractivity contribution in [1.82, 2.24) is 15.5 Å². The summed E-state index contributed by atoms with van der Waals surface area (Å²) in [5, 5.41) is 6.70. The van der Waals surface area contributed by atoms with E-state index in [1.807, 2.05) is 18.2 Å². The number of piperidine rings is 1. The zero-order chi connectivity index (χ0) is 18.6. The lowest BCUT2D eigenvalue weighted by Crippen LogP contribution is -2.39. The zero-order valence-electron chi connectivity index (χ0n) is 15.9. The number of unbranched alkanes of at least 4 members (excludes halogenated alkanes) is 1. The molecule has 0 aromatic heterocycles. The van der Waals surface area contributed by atoms with Crippen molar-refractivity contribution >= 4 is 11.9 Å². The molecule has 2 rings (SSSR count). The van der Waals surface area contributed by atoms with Crippen LogP contribution < -0.4 is 16.4 Å². The molecule has 1 aliphatic rings. The predicted octanol–water partition coefficient (Wildman–Crippen LogP) is 1.72. The number of amides is 1. The van der Waals surface area contributed by atoms with Crippen LogP contribution in [0.4, 0.5) is 0 Å². The molecule has 1 aromatic rings. The Morgan fingerprint density at radius 1 is 1.19 bits per heavy atom. The molecule has 0 radical (unpaired) electrons. The van der Waals surface area contributed by atoms with E-state index < -0.39 is 0 Å². The highest BCUT2D eigenvalue weighted by atomic mass is 16.1. The smallest absolute Gasteiger partial charge is 0.220 e. The largest absolute Gasteiger partial charge is 0.369 e. The topological polar surface area (TPSA) is 82.8 Å². The van der Waals surface area contributed by atoms with E-state index in [-0.39, 0.29) is 11.8 Å². The summed E-state index contributed by atoms with van der Waals surface area (Å²) >= 11 is 0. The van der Waals surface area contributed by atoms with Gasteiger partial charge in [-0.1, -0.05) is 30.3 Å². The van der Waals surface area contributed by atoms with Crippen molar-refractivity contribution in [2.24, 2.45) is 16.6 Å². The summed E-state index contributed by atoms with van der Waals surface area (Å²) in [4.78, 5) is 18.3. The van der Waals surface area contributed by atoms with Crippen LogP contribution in [0, 0.1) is 5.92 Å². The van der Waals surface area contributed by atoms with Crippen molar-refractivity contribution in [3.63, 3.8) is 0 Å². The Morgan fingerprint density at radius 3 is 2.58 bits per heavy atom. The molecule has 26 heavy (non-hydrogen) atoms. The maximum atomic E-state index is 11.2. The molecular weight excluding hydrogens is 326 g/mol. The van der Waals surface area contributed by atoms with Crippen LogP contribution in [-0.2, 0) is 11.3 Å². The number of benzene rings is 1. The van der Waals surface area contributed by atoms with Gasteiger partial charge < -0.3 is 21.3 Å². The lowest BCUT2D eigenvalue weighted by atomic mass is 9.96. The number of likely N-dealkylation sites (tertiary alicyclic amines) is 1. The van der Waals surface area contributed by atoms with E-state index in [2.05, 4.69) is 39.6 Å². The quantitative estimate of drug-likeness (QED) is 0.356. The number of primary amides is 1. The van der Waals surface area contributed by atoms with Crippen LogP contribution in [-0.4, -0.2) is 49.5 Å². The Kier molecular flexibility index (Phi) is 8.96. The molecule has 1 heterocycles. The first-order chi connectivity index (χ1) is 12.7. The van der Waals surface area contributed by atoms with Crippen LogP contribution in [0.1, 0.15) is 38.2 Å². The summed E-state index contributed by atoms with van der Waals surface area (Å²) in [6.45, 7) is 7.60. The number of hydrogen-bond donors (Lipinski definition) is 3. The van der Waals surface area contributed by atoms with Gasteiger partial charge in [-0.25, -0.2) is 4.99 Å². The number of nitrogens with zero attached hydrogens (tertiary/aromatic N) is 2. The van der Waals surface area contributed by atoms with Crippen LogP contribution in [0.5, 0.6) is 0 Å². The van der Waals surface area contributed by atoms with Crippen molar-refractivity contribution in [2.45, 2.75) is 39.2 Å². The Balaban J connectivity index is 1.61. The second-order valence-electron chi connectivity index (χ2n) is 6.83. The van der Waals surface area contributed by atoms with Gasteiger partial charge in [0.25, 0.3) is 0 Å². The van der Waals surface area contributed by atoms with Gasteiger partial charge in [0.2, 0.25) is 5.91 Å². The second-order valence-corrected chi connectivity index (χ2v) is 6.83. The maximum absolute atomic E-state index is 11.2. The summed E-state index contributed by atoms with van der Waals surface area (Å²) in [5.41, 5.74) is 6.60. The number of nitrogens with two attached hydrogens (primary N) is 1. The average molecular weight is 360 g/mol. The van der Waals surface area contributed by atoms with Gasteiger partial charge in [-0.2, -0.15) is 0 Å². The summed E-state index contributed by atoms with van der Waals surface area (Å²) in [7, 11) is 0. The number of guanidine groups is 1. The first-order valence-electron chi connectivity index (χ1n) is 9.76. The first-order valence-corrected chi connectivity index (χ1v) is 9.76. The van der Waals surface area contributed by atoms with Crippen molar-refractivity contribution < 1.29 is 4.79 Å². The maximum Gasteiger partial charge on any atom is 0.220 e. The Morgan fingerprint density at radius 2 is 1.92 bits per heavy atom. The third-order valence-electron chi connectivity index (χ3n) is 4.79. The van der Waals surface area contributed by atoms with E-state index in [0.29, 0.717) is 6.54 Å². The van der Waals surface area contributed by atoms with E-state index in [0.717, 1.165) is 64.4 Å². The number of rotatable bonds is 9. The highest BCUT2D eigenvalue weighted by Gasteiger charge is 2.22. The van der Waals surface area contributed by atoms with E-state index in [1.165, 1.54) is 5.56 Å². The lowest BCUT2D eigenvalue weighted by Gasteiger charge is -2.30. The summed E-state index contributed by atoms with van der Waals surface area (Å²) in [6, 6.07) is 10.3. The molecule has 0 unspecified atom stereocenters. The van der Waals surface area contributed by atoms with Crippen LogP contribution in [0.2, 0.25) is 0 Å². The SMILES string of the molecule is CCNC(=NCc1ccccc1)NCCCCN1CCC(C(N)=O)CC1. The molecule has 6 nitrogen and oxygen atoms in total. The molecule has 6 heteroatoms. The van der Waals surface area contributed by atoms with Crippen LogP contribution in [0.15, 0.2) is 35.3 Å². The fourth-order valence-corrected chi connectivity index (χ4v) is 3.20. The normalized spacial score (nSPS) is 16.4. The monoisotopic (exact) mass is 359 g/mol. The molecule has 144 valence electrons. The molecular formula is C20H33N5O. The van der Waals surface area contributed by atoms with Crippen LogP contribution in [0.3, 0.4) is 0 Å². The molecule has 0 spiro atoms. The molecule has 1 fully saturated rings. The summed E-state index contributed by atoms with van der Waals surface area (Å²) in [6.07, 6.45) is 4.06. The molecule has 0 bridgehead atoms. The van der Waals surface area contributed by atoms with Gasteiger partial charge in [-0.15, -0.1) is 0 Å². The summed E-state index contributed by atoms with van der Waals surface area (Å²) < 4.78 is 0. The molecule has 1 amide bonds. The lowest BCUT2D eigenvalue weighted by molar-refractivity contribution is -0.123. The number of aliphatic imine (C=N–C) groups is 1. The van der Waals surface area contributed by atoms with Gasteiger partial charge in [0.15, 0.2) is 5.96 Å². The van der Waals surface area contributed by atoms with Crippen molar-refractivity contribution in [3.8, 4) is 0 Å². The Hall–Kier alpha value is -2.08. The summed E-state index contributed by atoms with van der Waals surface area (Å²) in [5.74, 6) is 0.814. The molecule has 1 aromatic carbocycles. The van der Waals surface area contributed by atoms with Gasteiger partial charge in [-0.3, -0.25) is 4.79 Å². The minimum Gasteiger partial charge on any atom is -0.369 e. The second kappa shape index (κ2) is 11.5. The van der Waals surface area contributed by atoms with Crippen molar-refractivity contribution in [3.05, 3.63) is 35.9 Å². The van der Waals surface area contributed by atoms with Gasteiger partial charge in [0.1, 0.15) is 0 Å². The van der Waals surface area contributed by atoms with Crippen molar-refractivity contribution in [1.29, 1.82) is 0 Å². The van der Waals surface area contributed by atoms with E-state index in [4.69, 9.17) is 5.73 Å². The van der Waals surface area contributed by atoms with E-state index >= 15 is 0 Å². The zero-order valence-corrected chi connectivity index (χ0v) is 15.9. The third kappa shape index (κ3) is 7.44.